The van der Waals surface area contributed by atoms with Gasteiger partial charge in [0.2, 0.25) is 10.0 Å². The van der Waals surface area contributed by atoms with E-state index < -0.39 is 10.0 Å². The number of benzene rings is 1. The predicted octanol–water partition coefficient (Wildman–Crippen LogP) is 1.88. The Morgan fingerprint density at radius 2 is 2.14 bits per heavy atom. The fraction of sp³-hybridized carbons (Fsp3) is 0. The molecule has 0 aliphatic carbocycles. The van der Waals surface area contributed by atoms with E-state index in [0.717, 1.165) is 0 Å². The van der Waals surface area contributed by atoms with Gasteiger partial charge in [-0.1, -0.05) is 11.2 Å². The second-order valence-corrected chi connectivity index (χ2v) is 5.12. The Morgan fingerprint density at radius 3 is 2.64 bits per heavy atom. The van der Waals surface area contributed by atoms with E-state index in [1.54, 1.807) is 6.07 Å². The van der Waals surface area contributed by atoms with Crippen LogP contribution in [0.2, 0.25) is 0 Å². The average Bonchev–Trinajstić information content (AvgIpc) is 2.07. The minimum Gasteiger partial charge on any atom is -0.225 e. The molecule has 0 radical (unpaired) electrons. The maximum absolute atomic E-state index is 11.1. The molecule has 0 aromatic heterocycles. The Balaban J connectivity index is 3.53. The van der Waals surface area contributed by atoms with Gasteiger partial charge in [0.1, 0.15) is 0 Å². The number of hydrogen-bond acceptors (Lipinski definition) is 3. The molecule has 8 heteroatoms. The van der Waals surface area contributed by atoms with Gasteiger partial charge in [-0.25, -0.2) is 13.6 Å². The minimum atomic E-state index is -3.85. The second kappa shape index (κ2) is 4.13. The van der Waals surface area contributed by atoms with Crippen molar-refractivity contribution in [1.82, 2.24) is 0 Å². The molecular weight excluding hydrogens is 319 g/mol. The summed E-state index contributed by atoms with van der Waals surface area (Å²) in [6.07, 6.45) is 0. The lowest BCUT2D eigenvalue weighted by Gasteiger charge is -2.02. The number of hydrogen-bond donors (Lipinski definition) is 1. The van der Waals surface area contributed by atoms with Crippen molar-refractivity contribution in [2.75, 3.05) is 0 Å². The third-order valence-corrected chi connectivity index (χ3v) is 2.99. The lowest BCUT2D eigenvalue weighted by Crippen LogP contribution is -2.12. The summed E-state index contributed by atoms with van der Waals surface area (Å²) in [6.45, 7) is 0. The summed E-state index contributed by atoms with van der Waals surface area (Å²) in [5, 5.41) is 8.17. The molecule has 74 valence electrons. The van der Waals surface area contributed by atoms with Crippen molar-refractivity contribution in [3.63, 3.8) is 0 Å². The zero-order chi connectivity index (χ0) is 10.8. The highest BCUT2D eigenvalue weighted by Gasteiger charge is 2.12. The normalized spacial score (nSPS) is 10.7. The maximum atomic E-state index is 11.1. The first kappa shape index (κ1) is 11.2. The highest BCUT2D eigenvalue weighted by Crippen LogP contribution is 2.25. The first-order valence-corrected chi connectivity index (χ1v) is 5.95. The predicted molar refractivity (Wildman–Crippen MR) is 59.3 cm³/mol. The molecule has 2 N–H and O–H groups in total. The number of primary sulfonamides is 1. The summed E-state index contributed by atoms with van der Waals surface area (Å²) in [4.78, 5) is 2.35. The van der Waals surface area contributed by atoms with Gasteiger partial charge >= 0.3 is 0 Å². The lowest BCUT2D eigenvalue weighted by atomic mass is 10.3. The molecule has 1 aromatic rings. The van der Waals surface area contributed by atoms with Crippen LogP contribution in [0.5, 0.6) is 0 Å². The van der Waals surface area contributed by atoms with Crippen molar-refractivity contribution < 1.29 is 8.42 Å². The van der Waals surface area contributed by atoms with Gasteiger partial charge in [-0.3, -0.25) is 0 Å². The quantitative estimate of drug-likeness (QED) is 0.388. The highest BCUT2D eigenvalue weighted by molar-refractivity contribution is 14.1. The lowest BCUT2D eigenvalue weighted by molar-refractivity contribution is 0.598. The largest absolute Gasteiger partial charge is 0.238 e. The van der Waals surface area contributed by atoms with Crippen molar-refractivity contribution in [1.29, 1.82) is 0 Å². The molecule has 0 saturated heterocycles. The van der Waals surface area contributed by atoms with E-state index in [0.29, 0.717) is 3.57 Å². The van der Waals surface area contributed by atoms with E-state index in [1.165, 1.54) is 12.1 Å². The van der Waals surface area contributed by atoms with Gasteiger partial charge < -0.3 is 0 Å². The summed E-state index contributed by atoms with van der Waals surface area (Å²) in [5.74, 6) is 0. The molecule has 0 aliphatic rings. The summed E-state index contributed by atoms with van der Waals surface area (Å²) in [7, 11) is -3.85. The Morgan fingerprint density at radius 1 is 1.50 bits per heavy atom. The van der Waals surface area contributed by atoms with Crippen LogP contribution in [-0.2, 0) is 10.0 Å². The fourth-order valence-electron chi connectivity index (χ4n) is 0.847. The zero-order valence-electron chi connectivity index (χ0n) is 6.75. The number of azide groups is 1. The molecule has 1 aromatic carbocycles. The molecule has 14 heavy (non-hydrogen) atoms. The van der Waals surface area contributed by atoms with Crippen LogP contribution >= 0.6 is 22.6 Å². The molecule has 0 saturated carbocycles. The van der Waals surface area contributed by atoms with Gasteiger partial charge in [-0.2, -0.15) is 0 Å². The number of rotatable bonds is 2. The van der Waals surface area contributed by atoms with E-state index in [9.17, 15) is 8.42 Å². The maximum Gasteiger partial charge on any atom is 0.238 e. The molecule has 0 spiro atoms. The van der Waals surface area contributed by atoms with E-state index in [1.807, 2.05) is 22.6 Å². The molecule has 0 unspecified atom stereocenters. The number of sulfonamides is 1. The van der Waals surface area contributed by atoms with E-state index in [4.69, 9.17) is 10.7 Å². The smallest absolute Gasteiger partial charge is 0.225 e. The van der Waals surface area contributed by atoms with Crippen LogP contribution in [0, 0.1) is 3.57 Å². The molecule has 1 rings (SSSR count). The fourth-order valence-corrected chi connectivity index (χ4v) is 2.24. The summed E-state index contributed by atoms with van der Waals surface area (Å²) >= 11 is 1.94. The first-order valence-electron chi connectivity index (χ1n) is 3.32. The third-order valence-electron chi connectivity index (χ3n) is 1.38. The van der Waals surface area contributed by atoms with Crippen molar-refractivity contribution in [3.8, 4) is 0 Å². The van der Waals surface area contributed by atoms with Crippen molar-refractivity contribution in [2.24, 2.45) is 10.3 Å². The topological polar surface area (TPSA) is 109 Å². The molecule has 0 heterocycles. The molecular formula is C6H5IN4O2S. The molecule has 6 nitrogen and oxygen atoms in total. The molecule has 0 amide bonds. The van der Waals surface area contributed by atoms with E-state index >= 15 is 0 Å². The minimum absolute atomic E-state index is 0.00964. The Kier molecular flexibility index (Phi) is 3.32. The molecule has 0 fully saturated rings. The van der Waals surface area contributed by atoms with Crippen molar-refractivity contribution >= 4 is 38.3 Å². The van der Waals surface area contributed by atoms with Gasteiger partial charge in [0.25, 0.3) is 0 Å². The summed E-state index contributed by atoms with van der Waals surface area (Å²) in [6, 6.07) is 4.38. The van der Waals surface area contributed by atoms with Crippen LogP contribution in [-0.4, -0.2) is 8.42 Å². The van der Waals surface area contributed by atoms with Gasteiger partial charge in [-0.15, -0.1) is 0 Å². The van der Waals surface area contributed by atoms with Crippen LogP contribution in [0.1, 0.15) is 0 Å². The molecule has 0 bridgehead atoms. The summed E-state index contributed by atoms with van der Waals surface area (Å²) in [5.41, 5.74) is 8.21. The average molecular weight is 324 g/mol. The second-order valence-electron chi connectivity index (χ2n) is 2.35. The van der Waals surface area contributed by atoms with Gasteiger partial charge in [-0.05, 0) is 40.3 Å². The van der Waals surface area contributed by atoms with Crippen LogP contribution < -0.4 is 5.14 Å². The number of nitrogens with zero attached hydrogens (tertiary/aromatic N) is 3. The standard InChI is InChI=1S/C6H5IN4O2S/c7-4-1-2-5(10-11-8)6(3-4)14(9,12)13/h1-3H,(H2,9,12,13). The van der Waals surface area contributed by atoms with Crippen molar-refractivity contribution in [3.05, 3.63) is 32.2 Å². The SMILES string of the molecule is [N-]=[N+]=Nc1ccc(I)cc1S(N)(=O)=O. The van der Waals surface area contributed by atoms with Gasteiger partial charge in [0.05, 0.1) is 10.6 Å². The van der Waals surface area contributed by atoms with Crippen LogP contribution in [0.3, 0.4) is 0 Å². The Labute approximate surface area is 93.9 Å². The van der Waals surface area contributed by atoms with E-state index in [2.05, 4.69) is 10.0 Å². The number of nitrogens with two attached hydrogens (primary N) is 1. The van der Waals surface area contributed by atoms with Crippen molar-refractivity contribution in [2.45, 2.75) is 4.90 Å². The van der Waals surface area contributed by atoms with Crippen LogP contribution in [0.4, 0.5) is 5.69 Å². The molecule has 0 aliphatic heterocycles. The highest BCUT2D eigenvalue weighted by atomic mass is 127. The Hall–Kier alpha value is -0.830. The summed E-state index contributed by atoms with van der Waals surface area (Å²) < 4.78 is 22.8. The first-order chi connectivity index (χ1) is 6.45. The third kappa shape index (κ3) is 2.58. The Bertz CT molecular complexity index is 507. The van der Waals surface area contributed by atoms with Crippen LogP contribution in [0.15, 0.2) is 28.2 Å². The van der Waals surface area contributed by atoms with Gasteiger partial charge in [0.15, 0.2) is 0 Å². The van der Waals surface area contributed by atoms with Crippen LogP contribution in [0.25, 0.3) is 10.4 Å². The molecule has 0 atom stereocenters. The zero-order valence-corrected chi connectivity index (χ0v) is 9.73. The monoisotopic (exact) mass is 324 g/mol. The van der Waals surface area contributed by atoms with E-state index in [-0.39, 0.29) is 10.6 Å². The number of halogens is 1. The van der Waals surface area contributed by atoms with Gasteiger partial charge in [0, 0.05) is 8.48 Å².